The van der Waals surface area contributed by atoms with Crippen molar-refractivity contribution in [1.82, 2.24) is 15.0 Å². The van der Waals surface area contributed by atoms with Gasteiger partial charge in [-0.3, -0.25) is 14.9 Å². The quantitative estimate of drug-likeness (QED) is 0.350. The Morgan fingerprint density at radius 1 is 1.42 bits per heavy atom. The zero-order valence-corrected chi connectivity index (χ0v) is 9.84. The van der Waals surface area contributed by atoms with Gasteiger partial charge in [-0.05, 0) is 17.7 Å². The largest absolute Gasteiger partial charge is 0.299 e. The van der Waals surface area contributed by atoms with Gasteiger partial charge in [0.2, 0.25) is 0 Å². The zero-order valence-electron chi connectivity index (χ0n) is 9.84. The summed E-state index contributed by atoms with van der Waals surface area (Å²) < 4.78 is 1.55. The van der Waals surface area contributed by atoms with Crippen LogP contribution in [-0.2, 0) is 11.3 Å². The van der Waals surface area contributed by atoms with E-state index in [0.717, 1.165) is 5.56 Å². The van der Waals surface area contributed by atoms with Crippen LogP contribution in [0.3, 0.4) is 0 Å². The molecular weight excluding hydrogens is 248 g/mol. The fourth-order valence-electron chi connectivity index (χ4n) is 1.56. The van der Waals surface area contributed by atoms with Crippen molar-refractivity contribution in [2.45, 2.75) is 6.54 Å². The second-order valence-electron chi connectivity index (χ2n) is 3.76. The predicted molar refractivity (Wildman–Crippen MR) is 67.3 cm³/mol. The van der Waals surface area contributed by atoms with Crippen LogP contribution in [0.2, 0.25) is 0 Å². The molecule has 0 N–H and O–H groups in total. The minimum atomic E-state index is -0.441. The highest BCUT2D eigenvalue weighted by Crippen LogP contribution is 2.13. The van der Waals surface area contributed by atoms with Crippen LogP contribution in [-0.4, -0.2) is 26.2 Å². The standard InChI is InChI=1S/C12H10N4O3/c17-6-2-4-11-9-15(14-13-11)8-10-3-1-5-12(7-10)16(18)19/h1-7,9H,8H2/b4-2+. The number of benzene rings is 1. The molecule has 0 bridgehead atoms. The maximum atomic E-state index is 10.7. The highest BCUT2D eigenvalue weighted by atomic mass is 16.6. The molecule has 1 aromatic carbocycles. The van der Waals surface area contributed by atoms with Gasteiger partial charge in [0.1, 0.15) is 12.0 Å². The predicted octanol–water partition coefficient (Wildman–Crippen LogP) is 1.45. The van der Waals surface area contributed by atoms with Crippen LogP contribution in [0.5, 0.6) is 0 Å². The normalized spacial score (nSPS) is 10.7. The van der Waals surface area contributed by atoms with Crippen LogP contribution in [0.4, 0.5) is 5.69 Å². The number of aldehydes is 1. The Morgan fingerprint density at radius 2 is 2.26 bits per heavy atom. The highest BCUT2D eigenvalue weighted by Gasteiger charge is 2.06. The van der Waals surface area contributed by atoms with Gasteiger partial charge in [0.15, 0.2) is 0 Å². The molecule has 0 aliphatic heterocycles. The molecule has 19 heavy (non-hydrogen) atoms. The molecule has 1 aromatic heterocycles. The van der Waals surface area contributed by atoms with Gasteiger partial charge in [0.05, 0.1) is 17.7 Å². The molecule has 1 heterocycles. The molecule has 0 unspecified atom stereocenters. The van der Waals surface area contributed by atoms with E-state index in [-0.39, 0.29) is 5.69 Å². The lowest BCUT2D eigenvalue weighted by Crippen LogP contribution is -2.01. The van der Waals surface area contributed by atoms with Gasteiger partial charge in [-0.2, -0.15) is 0 Å². The number of nitro groups is 1. The number of hydrogen-bond donors (Lipinski definition) is 0. The molecule has 96 valence electrons. The lowest BCUT2D eigenvalue weighted by Gasteiger charge is -2.00. The summed E-state index contributed by atoms with van der Waals surface area (Å²) in [7, 11) is 0. The summed E-state index contributed by atoms with van der Waals surface area (Å²) >= 11 is 0. The van der Waals surface area contributed by atoms with E-state index in [1.807, 2.05) is 0 Å². The molecule has 7 nitrogen and oxygen atoms in total. The summed E-state index contributed by atoms with van der Waals surface area (Å²) in [5.41, 5.74) is 1.35. The first-order valence-electron chi connectivity index (χ1n) is 5.44. The maximum absolute atomic E-state index is 10.7. The van der Waals surface area contributed by atoms with E-state index in [1.165, 1.54) is 24.3 Å². The Bertz CT molecular complexity index is 633. The number of aromatic nitrogens is 3. The van der Waals surface area contributed by atoms with Crippen LogP contribution in [0.25, 0.3) is 6.08 Å². The smallest absolute Gasteiger partial charge is 0.269 e. The first-order chi connectivity index (χ1) is 9.19. The van der Waals surface area contributed by atoms with Crippen LogP contribution in [0, 0.1) is 10.1 Å². The summed E-state index contributed by atoms with van der Waals surface area (Å²) in [6, 6.07) is 6.32. The number of carbonyl (C=O) groups is 1. The Kier molecular flexibility index (Phi) is 3.77. The Hall–Kier alpha value is -2.83. The minimum absolute atomic E-state index is 0.0405. The molecule has 0 aliphatic carbocycles. The topological polar surface area (TPSA) is 90.9 Å². The van der Waals surface area contributed by atoms with Crippen molar-refractivity contribution in [3.63, 3.8) is 0 Å². The number of hydrogen-bond acceptors (Lipinski definition) is 5. The summed E-state index contributed by atoms with van der Waals surface area (Å²) in [6.45, 7) is 0.379. The van der Waals surface area contributed by atoms with Crippen LogP contribution >= 0.6 is 0 Å². The van der Waals surface area contributed by atoms with Gasteiger partial charge < -0.3 is 0 Å². The van der Waals surface area contributed by atoms with Gasteiger partial charge in [-0.1, -0.05) is 17.3 Å². The number of allylic oxidation sites excluding steroid dienone is 1. The highest BCUT2D eigenvalue weighted by molar-refractivity contribution is 5.72. The van der Waals surface area contributed by atoms with E-state index in [0.29, 0.717) is 18.5 Å². The SMILES string of the molecule is O=C/C=C/c1cn(Cc2cccc([N+](=O)[O-])c2)nn1. The molecule has 0 radical (unpaired) electrons. The number of nitro benzene ring substituents is 1. The molecule has 0 saturated heterocycles. The van der Waals surface area contributed by atoms with Gasteiger partial charge in [0, 0.05) is 12.1 Å². The van der Waals surface area contributed by atoms with Crippen LogP contribution in [0.1, 0.15) is 11.3 Å². The zero-order chi connectivity index (χ0) is 13.7. The van der Waals surface area contributed by atoms with Crippen molar-refractivity contribution in [3.05, 3.63) is 57.9 Å². The summed E-state index contributed by atoms with van der Waals surface area (Å²) in [5, 5.41) is 18.4. The van der Waals surface area contributed by atoms with E-state index < -0.39 is 4.92 Å². The first-order valence-corrected chi connectivity index (χ1v) is 5.44. The number of carbonyl (C=O) groups excluding carboxylic acids is 1. The van der Waals surface area contributed by atoms with E-state index in [9.17, 15) is 14.9 Å². The third kappa shape index (κ3) is 3.32. The molecule has 0 amide bonds. The van der Waals surface area contributed by atoms with Gasteiger partial charge in [-0.25, -0.2) is 4.68 Å². The van der Waals surface area contributed by atoms with Crippen molar-refractivity contribution in [1.29, 1.82) is 0 Å². The van der Waals surface area contributed by atoms with Crippen molar-refractivity contribution < 1.29 is 9.72 Å². The van der Waals surface area contributed by atoms with Gasteiger partial charge >= 0.3 is 0 Å². The number of non-ortho nitro benzene ring substituents is 1. The van der Waals surface area contributed by atoms with E-state index in [1.54, 1.807) is 23.0 Å². The molecule has 2 rings (SSSR count). The van der Waals surface area contributed by atoms with Gasteiger partial charge in [0.25, 0.3) is 5.69 Å². The molecule has 0 atom stereocenters. The average molecular weight is 258 g/mol. The summed E-state index contributed by atoms with van der Waals surface area (Å²) in [4.78, 5) is 20.4. The molecule has 2 aromatic rings. The first kappa shape index (κ1) is 12.6. The summed E-state index contributed by atoms with van der Waals surface area (Å²) in [5.74, 6) is 0. The number of nitrogens with zero attached hydrogens (tertiary/aromatic N) is 4. The Balaban J connectivity index is 2.14. The Morgan fingerprint density at radius 3 is 3.00 bits per heavy atom. The molecule has 0 aliphatic rings. The molecular formula is C12H10N4O3. The second kappa shape index (κ2) is 5.67. The van der Waals surface area contributed by atoms with E-state index in [4.69, 9.17) is 0 Å². The number of rotatable bonds is 5. The maximum Gasteiger partial charge on any atom is 0.269 e. The monoisotopic (exact) mass is 258 g/mol. The molecule has 7 heteroatoms. The van der Waals surface area contributed by atoms with Crippen molar-refractivity contribution in [2.75, 3.05) is 0 Å². The van der Waals surface area contributed by atoms with Crippen molar-refractivity contribution >= 4 is 18.0 Å². The molecule has 0 spiro atoms. The fraction of sp³-hybridized carbons (Fsp3) is 0.0833. The molecule has 0 saturated carbocycles. The minimum Gasteiger partial charge on any atom is -0.299 e. The fourth-order valence-corrected chi connectivity index (χ4v) is 1.56. The van der Waals surface area contributed by atoms with Crippen LogP contribution < -0.4 is 0 Å². The third-order valence-electron chi connectivity index (χ3n) is 2.37. The van der Waals surface area contributed by atoms with E-state index in [2.05, 4.69) is 10.3 Å². The molecule has 0 fully saturated rings. The Labute approximate surface area is 108 Å². The van der Waals surface area contributed by atoms with Crippen molar-refractivity contribution in [3.8, 4) is 0 Å². The lowest BCUT2D eigenvalue weighted by molar-refractivity contribution is -0.384. The second-order valence-corrected chi connectivity index (χ2v) is 3.76. The van der Waals surface area contributed by atoms with Crippen LogP contribution in [0.15, 0.2) is 36.5 Å². The van der Waals surface area contributed by atoms with Crippen molar-refractivity contribution in [2.24, 2.45) is 0 Å². The summed E-state index contributed by atoms with van der Waals surface area (Å²) in [6.07, 6.45) is 5.16. The van der Waals surface area contributed by atoms with E-state index >= 15 is 0 Å². The third-order valence-corrected chi connectivity index (χ3v) is 2.37. The lowest BCUT2D eigenvalue weighted by atomic mass is 10.2. The van der Waals surface area contributed by atoms with Gasteiger partial charge in [-0.15, -0.1) is 5.10 Å². The average Bonchev–Trinajstić information content (AvgIpc) is 2.84.